The Kier molecular flexibility index (Phi) is 3.85. The molecule has 1 aromatic rings. The van der Waals surface area contributed by atoms with Crippen molar-refractivity contribution in [2.45, 2.75) is 25.9 Å². The van der Waals surface area contributed by atoms with Gasteiger partial charge in [-0.15, -0.1) is 0 Å². The highest BCUT2D eigenvalue weighted by Gasteiger charge is 2.16. The Morgan fingerprint density at radius 3 is 2.87 bits per heavy atom. The second-order valence-corrected chi connectivity index (χ2v) is 3.81. The maximum Gasteiger partial charge on any atom is 0.254 e. The van der Waals surface area contributed by atoms with Gasteiger partial charge in [-0.1, -0.05) is 0 Å². The van der Waals surface area contributed by atoms with Crippen LogP contribution in [0.5, 0.6) is 5.88 Å². The van der Waals surface area contributed by atoms with Gasteiger partial charge in [-0.2, -0.15) is 0 Å². The quantitative estimate of drug-likeness (QED) is 0.789. The molecule has 0 aliphatic carbocycles. The second kappa shape index (κ2) is 4.93. The molecule has 1 rings (SSSR count). The number of methoxy groups -OCH3 is 1. The van der Waals surface area contributed by atoms with Crippen molar-refractivity contribution in [3.05, 3.63) is 22.7 Å². The molecule has 5 nitrogen and oxygen atoms in total. The maximum atomic E-state index is 10.9. The Bertz CT molecular complexity index is 360. The minimum atomic E-state index is -0.221. The lowest BCUT2D eigenvalue weighted by molar-refractivity contribution is 0.00507. The Balaban J connectivity index is 2.41. The van der Waals surface area contributed by atoms with Crippen LogP contribution in [0.4, 0.5) is 0 Å². The molecule has 1 heterocycles. The first-order valence-electron chi connectivity index (χ1n) is 4.76. The lowest BCUT2D eigenvalue weighted by Crippen LogP contribution is -2.25. The fraction of sp³-hybridized carbons (Fsp3) is 0.600. The summed E-state index contributed by atoms with van der Waals surface area (Å²) in [6, 6.07) is 1.32. The number of aromatic nitrogens is 2. The summed E-state index contributed by atoms with van der Waals surface area (Å²) in [6.07, 6.45) is 2.05. The highest BCUT2D eigenvalue weighted by Crippen LogP contribution is 2.13. The van der Waals surface area contributed by atoms with E-state index < -0.39 is 0 Å². The molecule has 5 heteroatoms. The molecule has 0 aromatic carbocycles. The highest BCUT2D eigenvalue weighted by atomic mass is 16.5. The van der Waals surface area contributed by atoms with Crippen molar-refractivity contribution in [1.82, 2.24) is 9.97 Å². The molecule has 0 aliphatic rings. The van der Waals surface area contributed by atoms with E-state index >= 15 is 0 Å². The number of hydrogen-bond donors (Lipinski definition) is 1. The van der Waals surface area contributed by atoms with Crippen molar-refractivity contribution in [3.63, 3.8) is 0 Å². The monoisotopic (exact) mass is 212 g/mol. The van der Waals surface area contributed by atoms with Crippen molar-refractivity contribution in [2.24, 2.45) is 0 Å². The zero-order chi connectivity index (χ0) is 11.3. The van der Waals surface area contributed by atoms with Crippen LogP contribution >= 0.6 is 0 Å². The van der Waals surface area contributed by atoms with Gasteiger partial charge in [0, 0.05) is 13.5 Å². The Hall–Kier alpha value is -1.36. The first-order valence-corrected chi connectivity index (χ1v) is 4.76. The molecule has 0 radical (unpaired) electrons. The average molecular weight is 212 g/mol. The summed E-state index contributed by atoms with van der Waals surface area (Å²) >= 11 is 0. The second-order valence-electron chi connectivity index (χ2n) is 3.81. The van der Waals surface area contributed by atoms with Crippen molar-refractivity contribution >= 4 is 0 Å². The van der Waals surface area contributed by atoms with Gasteiger partial charge < -0.3 is 14.5 Å². The third kappa shape index (κ3) is 4.12. The van der Waals surface area contributed by atoms with E-state index in [2.05, 4.69) is 9.97 Å². The van der Waals surface area contributed by atoms with Gasteiger partial charge in [0.15, 0.2) is 0 Å². The predicted octanol–water partition coefficient (Wildman–Crippen LogP) is 0.964. The van der Waals surface area contributed by atoms with Crippen LogP contribution in [-0.4, -0.2) is 29.3 Å². The largest absolute Gasteiger partial charge is 0.477 e. The Morgan fingerprint density at radius 2 is 2.27 bits per heavy atom. The van der Waals surface area contributed by atoms with Crippen molar-refractivity contribution in [1.29, 1.82) is 0 Å². The molecule has 0 aliphatic heterocycles. The topological polar surface area (TPSA) is 64.2 Å². The third-order valence-electron chi connectivity index (χ3n) is 2.16. The standard InChI is InChI=1S/C10H16N2O3/c1-10(2,14-3)4-5-15-9-6-8(13)11-7-12-9/h6-7H,4-5H2,1-3H3,(H,11,12,13). The minimum absolute atomic E-state index is 0.217. The van der Waals surface area contributed by atoms with Crippen LogP contribution in [0, 0.1) is 0 Å². The molecule has 15 heavy (non-hydrogen) atoms. The van der Waals surface area contributed by atoms with E-state index in [4.69, 9.17) is 9.47 Å². The van der Waals surface area contributed by atoms with Gasteiger partial charge >= 0.3 is 0 Å². The molecular formula is C10H16N2O3. The molecule has 0 saturated heterocycles. The predicted molar refractivity (Wildman–Crippen MR) is 56.1 cm³/mol. The highest BCUT2D eigenvalue weighted by molar-refractivity contribution is 5.04. The lowest BCUT2D eigenvalue weighted by Gasteiger charge is -2.22. The summed E-state index contributed by atoms with van der Waals surface area (Å²) in [5.74, 6) is 0.339. The third-order valence-corrected chi connectivity index (χ3v) is 2.16. The number of rotatable bonds is 5. The number of ether oxygens (including phenoxy) is 2. The van der Waals surface area contributed by atoms with Crippen molar-refractivity contribution < 1.29 is 9.47 Å². The molecule has 0 atom stereocenters. The molecule has 0 saturated carbocycles. The van der Waals surface area contributed by atoms with Gasteiger partial charge in [0.05, 0.1) is 24.6 Å². The van der Waals surface area contributed by atoms with E-state index in [-0.39, 0.29) is 11.2 Å². The van der Waals surface area contributed by atoms with Gasteiger partial charge in [0.2, 0.25) is 5.88 Å². The van der Waals surface area contributed by atoms with E-state index in [1.807, 2.05) is 13.8 Å². The number of H-pyrrole nitrogens is 1. The van der Waals surface area contributed by atoms with Crippen LogP contribution in [0.1, 0.15) is 20.3 Å². The molecule has 1 aromatic heterocycles. The van der Waals surface area contributed by atoms with Gasteiger partial charge in [-0.05, 0) is 13.8 Å². The van der Waals surface area contributed by atoms with Crippen LogP contribution in [0.25, 0.3) is 0 Å². The number of nitrogens with one attached hydrogen (secondary N) is 1. The SMILES string of the molecule is COC(C)(C)CCOc1cc(=O)[nH]cn1. The van der Waals surface area contributed by atoms with Crippen LogP contribution in [0.2, 0.25) is 0 Å². The minimum Gasteiger partial charge on any atom is -0.477 e. The van der Waals surface area contributed by atoms with Gasteiger partial charge in [0.1, 0.15) is 0 Å². The summed E-state index contributed by atoms with van der Waals surface area (Å²) in [4.78, 5) is 17.2. The van der Waals surface area contributed by atoms with Crippen LogP contribution in [0.15, 0.2) is 17.2 Å². The average Bonchev–Trinajstić information content (AvgIpc) is 2.18. The maximum absolute atomic E-state index is 10.9. The Labute approximate surface area is 88.4 Å². The van der Waals surface area contributed by atoms with E-state index in [9.17, 15) is 4.79 Å². The number of nitrogens with zero attached hydrogens (tertiary/aromatic N) is 1. The van der Waals surface area contributed by atoms with Crippen LogP contribution < -0.4 is 10.3 Å². The summed E-state index contributed by atoms with van der Waals surface area (Å²) in [5.41, 5.74) is -0.438. The van der Waals surface area contributed by atoms with Gasteiger partial charge in [-0.3, -0.25) is 4.79 Å². The first kappa shape index (κ1) is 11.7. The van der Waals surface area contributed by atoms with Crippen molar-refractivity contribution in [3.8, 4) is 5.88 Å². The van der Waals surface area contributed by atoms with Crippen molar-refractivity contribution in [2.75, 3.05) is 13.7 Å². The summed E-state index contributed by atoms with van der Waals surface area (Å²) in [6.45, 7) is 4.42. The lowest BCUT2D eigenvalue weighted by atomic mass is 10.1. The smallest absolute Gasteiger partial charge is 0.254 e. The molecule has 0 spiro atoms. The van der Waals surface area contributed by atoms with Crippen LogP contribution in [0.3, 0.4) is 0 Å². The molecule has 0 bridgehead atoms. The molecule has 0 amide bonds. The Morgan fingerprint density at radius 1 is 1.53 bits per heavy atom. The zero-order valence-electron chi connectivity index (χ0n) is 9.24. The molecular weight excluding hydrogens is 196 g/mol. The van der Waals surface area contributed by atoms with E-state index in [1.165, 1.54) is 12.4 Å². The summed E-state index contributed by atoms with van der Waals surface area (Å²) in [5, 5.41) is 0. The fourth-order valence-corrected chi connectivity index (χ4v) is 0.933. The first-order chi connectivity index (χ1) is 7.03. The molecule has 0 fully saturated rings. The molecule has 1 N–H and O–H groups in total. The number of aromatic amines is 1. The fourth-order valence-electron chi connectivity index (χ4n) is 0.933. The molecule has 0 unspecified atom stereocenters. The molecule has 84 valence electrons. The van der Waals surface area contributed by atoms with E-state index in [0.717, 1.165) is 6.42 Å². The number of hydrogen-bond acceptors (Lipinski definition) is 4. The summed E-state index contributed by atoms with van der Waals surface area (Å²) in [7, 11) is 1.66. The van der Waals surface area contributed by atoms with Crippen LogP contribution in [-0.2, 0) is 4.74 Å². The summed E-state index contributed by atoms with van der Waals surface area (Å²) < 4.78 is 10.5. The van der Waals surface area contributed by atoms with Gasteiger partial charge in [0.25, 0.3) is 5.56 Å². The van der Waals surface area contributed by atoms with Gasteiger partial charge in [-0.25, -0.2) is 4.98 Å². The zero-order valence-corrected chi connectivity index (χ0v) is 9.24. The van der Waals surface area contributed by atoms with E-state index in [1.54, 1.807) is 7.11 Å². The normalized spacial score (nSPS) is 11.4. The van der Waals surface area contributed by atoms with E-state index in [0.29, 0.717) is 12.5 Å².